The van der Waals surface area contributed by atoms with Gasteiger partial charge in [0.2, 0.25) is 0 Å². The maximum atomic E-state index is 13.2. The molecule has 0 bridgehead atoms. The smallest absolute Gasteiger partial charge is 0.301 e. The molecule has 1 fully saturated rings. The Labute approximate surface area is 197 Å². The summed E-state index contributed by atoms with van der Waals surface area (Å²) in [6.45, 7) is 6.13. The van der Waals surface area contributed by atoms with Gasteiger partial charge in [-0.2, -0.15) is 0 Å². The summed E-state index contributed by atoms with van der Waals surface area (Å²) in [6.07, 6.45) is 0.827. The molecule has 2 aromatic carbocycles. The van der Waals surface area contributed by atoms with Gasteiger partial charge in [-0.25, -0.2) is 0 Å². The lowest BCUT2D eigenvalue weighted by Gasteiger charge is -2.23. The fourth-order valence-corrected chi connectivity index (χ4v) is 3.90. The summed E-state index contributed by atoms with van der Waals surface area (Å²) in [7, 11) is 1.52. The van der Waals surface area contributed by atoms with Crippen molar-refractivity contribution in [2.75, 3.05) is 18.6 Å². The van der Waals surface area contributed by atoms with Gasteiger partial charge in [0.1, 0.15) is 11.5 Å². The van der Waals surface area contributed by atoms with E-state index in [1.54, 1.807) is 43.3 Å². The topological polar surface area (TPSA) is 102 Å². The molecule has 1 aliphatic rings. The zero-order valence-electron chi connectivity index (χ0n) is 19.5. The zero-order chi connectivity index (χ0) is 24.4. The first kappa shape index (κ1) is 23.1. The highest BCUT2D eigenvalue weighted by molar-refractivity contribution is 6.51. The molecule has 176 valence electrons. The number of anilines is 1. The Morgan fingerprint density at radius 1 is 1.09 bits per heavy atom. The minimum Gasteiger partial charge on any atom is -0.507 e. The summed E-state index contributed by atoms with van der Waals surface area (Å²) in [6, 6.07) is 12.9. The summed E-state index contributed by atoms with van der Waals surface area (Å²) >= 11 is 0. The van der Waals surface area contributed by atoms with E-state index >= 15 is 0 Å². The Hall–Kier alpha value is -4.07. The van der Waals surface area contributed by atoms with Crippen LogP contribution >= 0.6 is 0 Å². The molecule has 2 heterocycles. The molecule has 1 unspecified atom stereocenters. The van der Waals surface area contributed by atoms with Crippen LogP contribution in [0.25, 0.3) is 5.76 Å². The lowest BCUT2D eigenvalue weighted by Crippen LogP contribution is -2.29. The van der Waals surface area contributed by atoms with Gasteiger partial charge in [0, 0.05) is 11.6 Å². The summed E-state index contributed by atoms with van der Waals surface area (Å²) < 4.78 is 16.4. The van der Waals surface area contributed by atoms with E-state index in [0.29, 0.717) is 35.0 Å². The average molecular weight is 463 g/mol. The largest absolute Gasteiger partial charge is 0.507 e. The molecule has 1 atom stereocenters. The number of aryl methyl sites for hydroxylation is 2. The Balaban J connectivity index is 1.91. The molecule has 1 N–H and O–H groups in total. The van der Waals surface area contributed by atoms with E-state index in [2.05, 4.69) is 5.16 Å². The molecule has 0 saturated carbocycles. The Bertz CT molecular complexity index is 1260. The lowest BCUT2D eigenvalue weighted by atomic mass is 9.94. The minimum atomic E-state index is -0.945. The summed E-state index contributed by atoms with van der Waals surface area (Å²) in [5.74, 6) is -0.237. The van der Waals surface area contributed by atoms with Gasteiger partial charge < -0.3 is 19.1 Å². The lowest BCUT2D eigenvalue weighted by molar-refractivity contribution is -0.132. The van der Waals surface area contributed by atoms with E-state index in [1.165, 1.54) is 12.0 Å². The number of amides is 1. The van der Waals surface area contributed by atoms with Crippen LogP contribution in [0.2, 0.25) is 0 Å². The number of aliphatic hydroxyl groups is 1. The highest BCUT2D eigenvalue weighted by Gasteiger charge is 2.48. The highest BCUT2D eigenvalue weighted by Crippen LogP contribution is 2.44. The van der Waals surface area contributed by atoms with Crippen LogP contribution in [0, 0.1) is 13.8 Å². The molecule has 3 aromatic rings. The number of carbonyl (C=O) groups excluding carboxylic acids is 2. The van der Waals surface area contributed by atoms with E-state index < -0.39 is 17.7 Å². The van der Waals surface area contributed by atoms with Crippen LogP contribution in [0.3, 0.4) is 0 Å². The normalized spacial score (nSPS) is 17.3. The molecule has 4 rings (SSSR count). The second kappa shape index (κ2) is 9.43. The SMILES string of the molecule is CCCOc1ccc(C2/C(=C(\O)c3ccc(C)cc3)C(=O)C(=O)N2c2cc(C)on2)cc1OC. The van der Waals surface area contributed by atoms with Crippen molar-refractivity contribution >= 4 is 23.3 Å². The predicted octanol–water partition coefficient (Wildman–Crippen LogP) is 4.72. The zero-order valence-corrected chi connectivity index (χ0v) is 19.5. The van der Waals surface area contributed by atoms with E-state index in [1.807, 2.05) is 26.0 Å². The van der Waals surface area contributed by atoms with Gasteiger partial charge in [0.25, 0.3) is 5.78 Å². The van der Waals surface area contributed by atoms with E-state index in [4.69, 9.17) is 14.0 Å². The van der Waals surface area contributed by atoms with Crippen molar-refractivity contribution in [2.24, 2.45) is 0 Å². The third-order valence-electron chi connectivity index (χ3n) is 5.60. The van der Waals surface area contributed by atoms with Gasteiger partial charge in [-0.05, 0) is 38.0 Å². The van der Waals surface area contributed by atoms with Crippen molar-refractivity contribution in [2.45, 2.75) is 33.2 Å². The molecule has 34 heavy (non-hydrogen) atoms. The van der Waals surface area contributed by atoms with Crippen LogP contribution in [0.5, 0.6) is 11.5 Å². The van der Waals surface area contributed by atoms with Crippen molar-refractivity contribution in [3.05, 3.63) is 76.6 Å². The number of hydrogen-bond acceptors (Lipinski definition) is 7. The number of rotatable bonds is 7. The van der Waals surface area contributed by atoms with Crippen molar-refractivity contribution in [3.8, 4) is 11.5 Å². The Kier molecular flexibility index (Phi) is 6.40. The van der Waals surface area contributed by atoms with E-state index in [9.17, 15) is 14.7 Å². The van der Waals surface area contributed by atoms with Crippen molar-refractivity contribution in [3.63, 3.8) is 0 Å². The fourth-order valence-electron chi connectivity index (χ4n) is 3.90. The number of aliphatic hydroxyl groups excluding tert-OH is 1. The first-order valence-electron chi connectivity index (χ1n) is 11.0. The molecule has 0 aliphatic carbocycles. The molecular weight excluding hydrogens is 436 g/mol. The second-order valence-corrected chi connectivity index (χ2v) is 8.09. The molecule has 1 saturated heterocycles. The van der Waals surface area contributed by atoms with Crippen LogP contribution in [-0.4, -0.2) is 35.7 Å². The molecule has 1 aromatic heterocycles. The summed E-state index contributed by atoms with van der Waals surface area (Å²) in [4.78, 5) is 27.6. The molecule has 8 heteroatoms. The molecule has 0 spiro atoms. The highest BCUT2D eigenvalue weighted by atomic mass is 16.5. The number of hydrogen-bond donors (Lipinski definition) is 1. The maximum Gasteiger partial charge on any atom is 0.301 e. The Morgan fingerprint density at radius 2 is 1.82 bits per heavy atom. The number of ketones is 1. The number of methoxy groups -OCH3 is 1. The van der Waals surface area contributed by atoms with Crippen molar-refractivity contribution in [1.29, 1.82) is 0 Å². The van der Waals surface area contributed by atoms with Gasteiger partial charge in [0.15, 0.2) is 17.3 Å². The van der Waals surface area contributed by atoms with Crippen LogP contribution in [-0.2, 0) is 9.59 Å². The number of aromatic nitrogens is 1. The predicted molar refractivity (Wildman–Crippen MR) is 126 cm³/mol. The van der Waals surface area contributed by atoms with Crippen LogP contribution in [0.15, 0.2) is 58.6 Å². The number of ether oxygens (including phenoxy) is 2. The van der Waals surface area contributed by atoms with E-state index in [0.717, 1.165) is 12.0 Å². The summed E-state index contributed by atoms with van der Waals surface area (Å²) in [5.41, 5.74) is 1.94. The number of nitrogens with zero attached hydrogens (tertiary/aromatic N) is 2. The number of carbonyl (C=O) groups is 2. The van der Waals surface area contributed by atoms with Crippen LogP contribution in [0.4, 0.5) is 5.82 Å². The standard InChI is InChI=1S/C26H26N2O6/c1-5-12-33-19-11-10-18(14-20(19)32-4)23-22(24(29)17-8-6-15(2)7-9-17)25(30)26(31)28(23)21-13-16(3)34-27-21/h6-11,13-14,23,29H,5,12H2,1-4H3/b24-22+. The quantitative estimate of drug-likeness (QED) is 0.308. The number of benzene rings is 2. The van der Waals surface area contributed by atoms with Crippen LogP contribution < -0.4 is 14.4 Å². The third-order valence-corrected chi connectivity index (χ3v) is 5.60. The van der Waals surface area contributed by atoms with E-state index in [-0.39, 0.29) is 17.2 Å². The molecular formula is C26H26N2O6. The maximum absolute atomic E-state index is 13.2. The fraction of sp³-hybridized carbons (Fsp3) is 0.269. The van der Waals surface area contributed by atoms with Gasteiger partial charge in [0.05, 0.1) is 25.3 Å². The first-order valence-corrected chi connectivity index (χ1v) is 11.0. The van der Waals surface area contributed by atoms with Crippen molar-refractivity contribution < 1.29 is 28.7 Å². The minimum absolute atomic E-state index is 0.0428. The average Bonchev–Trinajstić information content (AvgIpc) is 3.38. The van der Waals surface area contributed by atoms with Gasteiger partial charge in [-0.15, -0.1) is 0 Å². The van der Waals surface area contributed by atoms with Crippen LogP contribution in [0.1, 0.15) is 41.8 Å². The monoisotopic (exact) mass is 462 g/mol. The van der Waals surface area contributed by atoms with Gasteiger partial charge in [-0.1, -0.05) is 48.0 Å². The third kappa shape index (κ3) is 4.14. The molecule has 1 aliphatic heterocycles. The Morgan fingerprint density at radius 3 is 2.44 bits per heavy atom. The van der Waals surface area contributed by atoms with Gasteiger partial charge >= 0.3 is 5.91 Å². The van der Waals surface area contributed by atoms with Gasteiger partial charge in [-0.3, -0.25) is 14.5 Å². The molecule has 1 amide bonds. The second-order valence-electron chi connectivity index (χ2n) is 8.09. The molecule has 0 radical (unpaired) electrons. The summed E-state index contributed by atoms with van der Waals surface area (Å²) in [5, 5.41) is 15.1. The number of Topliss-reactive ketones (excluding diaryl/α,β-unsaturated/α-hetero) is 1. The van der Waals surface area contributed by atoms with Crippen molar-refractivity contribution in [1.82, 2.24) is 5.16 Å². The first-order chi connectivity index (χ1) is 16.3. The molecule has 8 nitrogen and oxygen atoms in total.